The average Bonchev–Trinajstić information content (AvgIpc) is 3.20. The third-order valence-electron chi connectivity index (χ3n) is 5.07. The van der Waals surface area contributed by atoms with Crippen molar-refractivity contribution in [3.63, 3.8) is 0 Å². The minimum absolute atomic E-state index is 0.214. The van der Waals surface area contributed by atoms with Crippen LogP contribution < -0.4 is 0 Å². The predicted octanol–water partition coefficient (Wildman–Crippen LogP) is 4.51. The Balaban J connectivity index is 1.63. The molecule has 2 N–H and O–H groups in total. The number of aromatic carboxylic acids is 1. The number of aromatic nitrogens is 5. The predicted molar refractivity (Wildman–Crippen MR) is 117 cm³/mol. The fraction of sp³-hybridized carbons (Fsp3) is 0.0417. The number of fused-ring (bicyclic) bond motifs is 1. The number of hydrogen-bond donors (Lipinski definition) is 2. The van der Waals surface area contributed by atoms with E-state index >= 15 is 0 Å². The van der Waals surface area contributed by atoms with Gasteiger partial charge in [0.1, 0.15) is 11.6 Å². The first-order valence-corrected chi connectivity index (χ1v) is 9.80. The molecule has 5 aromatic rings. The molecule has 4 heterocycles. The maximum absolute atomic E-state index is 14.6. The molecule has 156 valence electrons. The van der Waals surface area contributed by atoms with Crippen LogP contribution in [0.15, 0.2) is 73.3 Å². The van der Waals surface area contributed by atoms with Gasteiger partial charge in [0.25, 0.3) is 0 Å². The van der Waals surface area contributed by atoms with E-state index in [2.05, 4.69) is 19.9 Å². The smallest absolute Gasteiger partial charge is 0.335 e. The number of carbonyl (C=O) groups is 1. The van der Waals surface area contributed by atoms with Crippen molar-refractivity contribution in [3.8, 4) is 22.4 Å². The van der Waals surface area contributed by atoms with Crippen molar-refractivity contribution in [2.75, 3.05) is 0 Å². The Morgan fingerprint density at radius 2 is 1.84 bits per heavy atom. The van der Waals surface area contributed by atoms with Crippen molar-refractivity contribution in [3.05, 3.63) is 96.1 Å². The van der Waals surface area contributed by atoms with Gasteiger partial charge in [-0.3, -0.25) is 9.97 Å². The largest absolute Gasteiger partial charge is 0.478 e. The molecule has 0 atom stereocenters. The number of hydrogen-bond acceptors (Lipinski definition) is 5. The van der Waals surface area contributed by atoms with Crippen LogP contribution in [0.4, 0.5) is 4.39 Å². The van der Waals surface area contributed by atoms with Gasteiger partial charge in [-0.2, -0.15) is 0 Å². The standard InChI is InChI=1S/C24H16FN5O2/c25-19-13-27-8-6-17(19)18-11-20-23(30-22(18)16-5-2-7-26-12-16)29-21(28-20)10-14-3-1-4-15(9-14)24(31)32/h1-9,11-13H,10H2,(H,31,32)(H,28,29,30). The lowest BCUT2D eigenvalue weighted by atomic mass is 10.0. The molecule has 0 aliphatic heterocycles. The third kappa shape index (κ3) is 3.69. The van der Waals surface area contributed by atoms with Crippen LogP contribution in [0, 0.1) is 5.82 Å². The van der Waals surface area contributed by atoms with E-state index in [1.54, 1.807) is 42.7 Å². The van der Waals surface area contributed by atoms with Gasteiger partial charge in [0.2, 0.25) is 0 Å². The number of carboxylic acid groups (broad SMARTS) is 1. The fourth-order valence-corrected chi connectivity index (χ4v) is 3.61. The van der Waals surface area contributed by atoms with Crippen molar-refractivity contribution in [2.45, 2.75) is 6.42 Å². The number of imidazole rings is 1. The third-order valence-corrected chi connectivity index (χ3v) is 5.07. The summed E-state index contributed by atoms with van der Waals surface area (Å²) in [6.07, 6.45) is 6.43. The number of H-pyrrole nitrogens is 1. The van der Waals surface area contributed by atoms with Gasteiger partial charge in [0.05, 0.1) is 23.0 Å². The van der Waals surface area contributed by atoms with Crippen molar-refractivity contribution < 1.29 is 14.3 Å². The maximum Gasteiger partial charge on any atom is 0.335 e. The van der Waals surface area contributed by atoms with Gasteiger partial charge in [-0.1, -0.05) is 12.1 Å². The molecule has 4 aromatic heterocycles. The normalized spacial score (nSPS) is 11.0. The molecule has 0 radical (unpaired) electrons. The van der Waals surface area contributed by atoms with E-state index < -0.39 is 11.8 Å². The molecular formula is C24H16FN5O2. The van der Waals surface area contributed by atoms with Crippen molar-refractivity contribution in [2.24, 2.45) is 0 Å². The Hall–Kier alpha value is -4.46. The second-order valence-electron chi connectivity index (χ2n) is 7.22. The Labute approximate surface area is 181 Å². The second kappa shape index (κ2) is 7.99. The lowest BCUT2D eigenvalue weighted by Crippen LogP contribution is -1.98. The molecule has 5 rings (SSSR count). The van der Waals surface area contributed by atoms with Crippen molar-refractivity contribution in [1.82, 2.24) is 24.9 Å². The van der Waals surface area contributed by atoms with Gasteiger partial charge in [0.15, 0.2) is 5.65 Å². The number of pyridine rings is 3. The monoisotopic (exact) mass is 425 g/mol. The molecule has 8 heteroatoms. The van der Waals surface area contributed by atoms with E-state index in [0.29, 0.717) is 40.2 Å². The highest BCUT2D eigenvalue weighted by atomic mass is 19.1. The molecule has 32 heavy (non-hydrogen) atoms. The highest BCUT2D eigenvalue weighted by molar-refractivity contribution is 5.89. The van der Waals surface area contributed by atoms with Gasteiger partial charge in [-0.25, -0.2) is 19.2 Å². The fourth-order valence-electron chi connectivity index (χ4n) is 3.61. The first-order valence-electron chi connectivity index (χ1n) is 9.80. The van der Waals surface area contributed by atoms with E-state index in [1.165, 1.54) is 12.4 Å². The number of carboxylic acids is 1. The zero-order valence-electron chi connectivity index (χ0n) is 16.7. The molecule has 0 amide bonds. The lowest BCUT2D eigenvalue weighted by Gasteiger charge is -2.09. The number of benzene rings is 1. The van der Waals surface area contributed by atoms with Crippen molar-refractivity contribution in [1.29, 1.82) is 0 Å². The minimum atomic E-state index is -0.983. The summed E-state index contributed by atoms with van der Waals surface area (Å²) in [5, 5.41) is 9.22. The maximum atomic E-state index is 14.6. The van der Waals surface area contributed by atoms with Crippen LogP contribution in [0.2, 0.25) is 0 Å². The Morgan fingerprint density at radius 3 is 2.62 bits per heavy atom. The summed E-state index contributed by atoms with van der Waals surface area (Å²) in [7, 11) is 0. The molecule has 0 bridgehead atoms. The number of nitrogens with one attached hydrogen (secondary N) is 1. The van der Waals surface area contributed by atoms with Crippen LogP contribution >= 0.6 is 0 Å². The SMILES string of the molecule is O=C(O)c1cccc(Cc2nc3nc(-c4cccnc4)c(-c4ccncc4F)cc3[nH]2)c1. The Kier molecular flexibility index (Phi) is 4.87. The van der Waals surface area contributed by atoms with Crippen LogP contribution in [0.25, 0.3) is 33.5 Å². The summed E-state index contributed by atoms with van der Waals surface area (Å²) in [6.45, 7) is 0. The summed E-state index contributed by atoms with van der Waals surface area (Å²) >= 11 is 0. The van der Waals surface area contributed by atoms with Crippen LogP contribution in [-0.2, 0) is 6.42 Å². The van der Waals surface area contributed by atoms with Crippen LogP contribution in [0.3, 0.4) is 0 Å². The van der Waals surface area contributed by atoms with E-state index in [-0.39, 0.29) is 5.56 Å². The van der Waals surface area contributed by atoms with Crippen molar-refractivity contribution >= 4 is 17.1 Å². The first-order chi connectivity index (χ1) is 15.6. The molecule has 0 saturated carbocycles. The van der Waals surface area contributed by atoms with Gasteiger partial charge in [0, 0.05) is 41.7 Å². The van der Waals surface area contributed by atoms with Gasteiger partial charge < -0.3 is 10.1 Å². The van der Waals surface area contributed by atoms with E-state index in [9.17, 15) is 14.3 Å². The lowest BCUT2D eigenvalue weighted by molar-refractivity contribution is 0.0696. The zero-order chi connectivity index (χ0) is 22.1. The highest BCUT2D eigenvalue weighted by Gasteiger charge is 2.17. The summed E-state index contributed by atoms with van der Waals surface area (Å²) in [5.41, 5.74) is 4.40. The van der Waals surface area contributed by atoms with Crippen LogP contribution in [0.1, 0.15) is 21.7 Å². The molecule has 0 saturated heterocycles. The van der Waals surface area contributed by atoms with Crippen LogP contribution in [0.5, 0.6) is 0 Å². The summed E-state index contributed by atoms with van der Waals surface area (Å²) in [5.74, 6) is -0.813. The first kappa shape index (κ1) is 19.5. The van der Waals surface area contributed by atoms with E-state index in [4.69, 9.17) is 4.98 Å². The summed E-state index contributed by atoms with van der Waals surface area (Å²) in [4.78, 5) is 31.8. The molecule has 0 unspecified atom stereocenters. The van der Waals surface area contributed by atoms with E-state index in [0.717, 1.165) is 11.1 Å². The topological polar surface area (TPSA) is 105 Å². The molecule has 0 aliphatic rings. The van der Waals surface area contributed by atoms with Crippen LogP contribution in [-0.4, -0.2) is 36.0 Å². The molecule has 7 nitrogen and oxygen atoms in total. The molecule has 0 spiro atoms. The van der Waals surface area contributed by atoms with E-state index in [1.807, 2.05) is 18.2 Å². The molecule has 0 aliphatic carbocycles. The minimum Gasteiger partial charge on any atom is -0.478 e. The quantitative estimate of drug-likeness (QED) is 0.429. The number of aromatic amines is 1. The molecular weight excluding hydrogens is 409 g/mol. The number of halogens is 1. The van der Waals surface area contributed by atoms with Gasteiger partial charge in [-0.05, 0) is 42.0 Å². The zero-order valence-corrected chi connectivity index (χ0v) is 16.7. The summed E-state index contributed by atoms with van der Waals surface area (Å²) in [6, 6.07) is 13.8. The Bertz CT molecular complexity index is 1450. The number of rotatable bonds is 5. The highest BCUT2D eigenvalue weighted by Crippen LogP contribution is 2.33. The second-order valence-corrected chi connectivity index (χ2v) is 7.22. The Morgan fingerprint density at radius 1 is 0.969 bits per heavy atom. The van der Waals surface area contributed by atoms with Gasteiger partial charge in [-0.15, -0.1) is 0 Å². The molecule has 1 aromatic carbocycles. The molecule has 0 fully saturated rings. The number of nitrogens with zero attached hydrogens (tertiary/aromatic N) is 4. The summed E-state index contributed by atoms with van der Waals surface area (Å²) < 4.78 is 14.6. The van der Waals surface area contributed by atoms with Gasteiger partial charge >= 0.3 is 5.97 Å². The average molecular weight is 425 g/mol.